The Morgan fingerprint density at radius 3 is 2.81 bits per heavy atom. The van der Waals surface area contributed by atoms with E-state index in [2.05, 4.69) is 29.0 Å². The van der Waals surface area contributed by atoms with Crippen molar-refractivity contribution in [1.29, 1.82) is 0 Å². The van der Waals surface area contributed by atoms with Crippen LogP contribution in [0.25, 0.3) is 0 Å². The van der Waals surface area contributed by atoms with Gasteiger partial charge in [-0.15, -0.1) is 0 Å². The van der Waals surface area contributed by atoms with E-state index in [0.29, 0.717) is 19.2 Å². The van der Waals surface area contributed by atoms with Crippen molar-refractivity contribution >= 4 is 0 Å². The van der Waals surface area contributed by atoms with Crippen LogP contribution in [0.5, 0.6) is 5.75 Å². The molecule has 5 heteroatoms. The van der Waals surface area contributed by atoms with Gasteiger partial charge in [0.1, 0.15) is 18.5 Å². The van der Waals surface area contributed by atoms with E-state index in [1.54, 1.807) is 0 Å². The maximum absolute atomic E-state index is 10.5. The van der Waals surface area contributed by atoms with Crippen molar-refractivity contribution in [2.24, 2.45) is 0 Å². The first-order valence-electron chi connectivity index (χ1n) is 10.6. The number of rotatable bonds is 8. The predicted molar refractivity (Wildman–Crippen MR) is 108 cm³/mol. The van der Waals surface area contributed by atoms with Crippen molar-refractivity contribution in [3.63, 3.8) is 0 Å². The van der Waals surface area contributed by atoms with Gasteiger partial charge in [-0.05, 0) is 32.4 Å². The van der Waals surface area contributed by atoms with Crippen LogP contribution in [0.3, 0.4) is 0 Å². The molecule has 1 unspecified atom stereocenters. The Hall–Kier alpha value is -1.14. The number of aliphatic hydroxyl groups is 1. The molecule has 1 atom stereocenters. The summed E-state index contributed by atoms with van der Waals surface area (Å²) in [6.07, 6.45) is 7.12. The fourth-order valence-electron chi connectivity index (χ4n) is 4.21. The molecule has 0 bridgehead atoms. The van der Waals surface area contributed by atoms with Crippen molar-refractivity contribution in [3.8, 4) is 5.75 Å². The summed E-state index contributed by atoms with van der Waals surface area (Å²) >= 11 is 0. The van der Waals surface area contributed by atoms with E-state index in [0.717, 1.165) is 45.0 Å². The van der Waals surface area contributed by atoms with Gasteiger partial charge in [0.25, 0.3) is 0 Å². The van der Waals surface area contributed by atoms with E-state index in [9.17, 15) is 5.11 Å². The van der Waals surface area contributed by atoms with Crippen LogP contribution in [0.15, 0.2) is 24.3 Å². The first kappa shape index (κ1) is 20.6. The molecule has 1 heterocycles. The number of aliphatic hydroxyl groups excluding tert-OH is 1. The van der Waals surface area contributed by atoms with Gasteiger partial charge in [-0.1, -0.05) is 37.5 Å². The van der Waals surface area contributed by atoms with Crippen LogP contribution < -0.4 is 4.74 Å². The second kappa shape index (κ2) is 11.0. The lowest BCUT2D eigenvalue weighted by molar-refractivity contribution is 0.0556. The summed E-state index contributed by atoms with van der Waals surface area (Å²) in [5.74, 6) is 0.891. The fraction of sp³-hybridized carbons (Fsp3) is 0.727. The molecule has 1 aromatic carbocycles. The number of hydrogen-bond donors (Lipinski definition) is 1. The third kappa shape index (κ3) is 6.75. The molecule has 2 aliphatic rings. The molecule has 27 heavy (non-hydrogen) atoms. The van der Waals surface area contributed by atoms with Crippen LogP contribution in [-0.4, -0.2) is 73.6 Å². The SMILES string of the molecule is CN(CC(O)COc1ccccc1CN1CCCOCC1)C1CCCCC1. The molecule has 5 nitrogen and oxygen atoms in total. The van der Waals surface area contributed by atoms with Gasteiger partial charge < -0.3 is 19.5 Å². The van der Waals surface area contributed by atoms with Crippen LogP contribution in [0.2, 0.25) is 0 Å². The van der Waals surface area contributed by atoms with Gasteiger partial charge in [0.2, 0.25) is 0 Å². The Bertz CT molecular complexity index is 540. The number of ether oxygens (including phenoxy) is 2. The molecule has 1 aliphatic heterocycles. The standard InChI is InChI=1S/C22H36N2O3/c1-23(20-9-3-2-4-10-20)17-21(25)18-27-22-11-6-5-8-19(22)16-24-12-7-14-26-15-13-24/h5-6,8,11,20-21,25H,2-4,7,9-10,12-18H2,1H3. The van der Waals surface area contributed by atoms with Gasteiger partial charge in [0.05, 0.1) is 6.61 Å². The first-order chi connectivity index (χ1) is 13.2. The molecule has 1 aliphatic carbocycles. The van der Waals surface area contributed by atoms with E-state index in [-0.39, 0.29) is 0 Å². The minimum Gasteiger partial charge on any atom is -0.491 e. The Morgan fingerprint density at radius 2 is 1.96 bits per heavy atom. The van der Waals surface area contributed by atoms with Crippen molar-refractivity contribution in [1.82, 2.24) is 9.80 Å². The average molecular weight is 377 g/mol. The Labute approximate surface area is 164 Å². The highest BCUT2D eigenvalue weighted by molar-refractivity contribution is 5.33. The first-order valence-corrected chi connectivity index (χ1v) is 10.6. The van der Waals surface area contributed by atoms with Crippen LogP contribution in [0, 0.1) is 0 Å². The molecule has 0 aromatic heterocycles. The third-order valence-corrected chi connectivity index (χ3v) is 5.81. The number of likely N-dealkylation sites (N-methyl/N-ethyl adjacent to an activating group) is 1. The lowest BCUT2D eigenvalue weighted by atomic mass is 9.94. The number of benzene rings is 1. The van der Waals surface area contributed by atoms with E-state index in [1.165, 1.54) is 37.7 Å². The quantitative estimate of drug-likeness (QED) is 0.756. The molecule has 0 radical (unpaired) electrons. The molecule has 1 aromatic rings. The monoisotopic (exact) mass is 376 g/mol. The summed E-state index contributed by atoms with van der Waals surface area (Å²) < 4.78 is 11.6. The highest BCUT2D eigenvalue weighted by Crippen LogP contribution is 2.23. The molecule has 0 amide bonds. The summed E-state index contributed by atoms with van der Waals surface area (Å²) in [7, 11) is 2.13. The van der Waals surface area contributed by atoms with Crippen molar-refractivity contribution in [2.75, 3.05) is 46.5 Å². The van der Waals surface area contributed by atoms with E-state index >= 15 is 0 Å². The zero-order valence-electron chi connectivity index (χ0n) is 16.8. The van der Waals surface area contributed by atoms with Gasteiger partial charge in [-0.25, -0.2) is 0 Å². The van der Waals surface area contributed by atoms with Gasteiger partial charge in [-0.3, -0.25) is 4.90 Å². The fourth-order valence-corrected chi connectivity index (χ4v) is 4.21. The average Bonchev–Trinajstić information content (AvgIpc) is 2.97. The minimum absolute atomic E-state index is 0.344. The van der Waals surface area contributed by atoms with Crippen molar-refractivity contribution < 1.29 is 14.6 Å². The summed E-state index contributed by atoms with van der Waals surface area (Å²) in [6.45, 7) is 5.57. The second-order valence-corrected chi connectivity index (χ2v) is 8.05. The van der Waals surface area contributed by atoms with Crippen LogP contribution >= 0.6 is 0 Å². The second-order valence-electron chi connectivity index (χ2n) is 8.05. The zero-order chi connectivity index (χ0) is 18.9. The Morgan fingerprint density at radius 1 is 1.15 bits per heavy atom. The summed E-state index contributed by atoms with van der Waals surface area (Å²) in [5, 5.41) is 10.5. The number of nitrogens with zero attached hydrogens (tertiary/aromatic N) is 2. The van der Waals surface area contributed by atoms with Crippen molar-refractivity contribution in [3.05, 3.63) is 29.8 Å². The highest BCUT2D eigenvalue weighted by Gasteiger charge is 2.20. The lowest BCUT2D eigenvalue weighted by Crippen LogP contribution is -2.40. The molecule has 1 saturated carbocycles. The van der Waals surface area contributed by atoms with E-state index in [4.69, 9.17) is 9.47 Å². The topological polar surface area (TPSA) is 45.2 Å². The van der Waals surface area contributed by atoms with Gasteiger partial charge >= 0.3 is 0 Å². The highest BCUT2D eigenvalue weighted by atomic mass is 16.5. The molecular formula is C22H36N2O3. The van der Waals surface area contributed by atoms with Crippen molar-refractivity contribution in [2.45, 2.75) is 57.2 Å². The van der Waals surface area contributed by atoms with Gasteiger partial charge in [0, 0.05) is 44.4 Å². The predicted octanol–water partition coefficient (Wildman–Crippen LogP) is 2.91. The van der Waals surface area contributed by atoms with E-state index in [1.807, 2.05) is 12.1 Å². The van der Waals surface area contributed by atoms with Gasteiger partial charge in [-0.2, -0.15) is 0 Å². The Kier molecular flexibility index (Phi) is 8.39. The molecule has 1 N–H and O–H groups in total. The largest absolute Gasteiger partial charge is 0.491 e. The molecular weight excluding hydrogens is 340 g/mol. The number of para-hydroxylation sites is 1. The van der Waals surface area contributed by atoms with Gasteiger partial charge in [0.15, 0.2) is 0 Å². The third-order valence-electron chi connectivity index (χ3n) is 5.81. The summed E-state index contributed by atoms with van der Waals surface area (Å²) in [5.41, 5.74) is 1.19. The van der Waals surface area contributed by atoms with Crippen LogP contribution in [-0.2, 0) is 11.3 Å². The van der Waals surface area contributed by atoms with Crippen LogP contribution in [0.1, 0.15) is 44.1 Å². The molecule has 152 valence electrons. The smallest absolute Gasteiger partial charge is 0.123 e. The van der Waals surface area contributed by atoms with Crippen LogP contribution in [0.4, 0.5) is 0 Å². The maximum atomic E-state index is 10.5. The Balaban J connectivity index is 1.48. The molecule has 2 fully saturated rings. The minimum atomic E-state index is -0.462. The normalized spacial score (nSPS) is 21.1. The lowest BCUT2D eigenvalue weighted by Gasteiger charge is -2.32. The van der Waals surface area contributed by atoms with E-state index < -0.39 is 6.10 Å². The molecule has 0 spiro atoms. The molecule has 3 rings (SSSR count). The summed E-state index contributed by atoms with van der Waals surface area (Å²) in [6, 6.07) is 8.82. The number of hydrogen-bond acceptors (Lipinski definition) is 5. The summed E-state index contributed by atoms with van der Waals surface area (Å²) in [4.78, 5) is 4.73. The molecule has 1 saturated heterocycles. The zero-order valence-corrected chi connectivity index (χ0v) is 16.8. The maximum Gasteiger partial charge on any atom is 0.123 e.